The second-order valence-electron chi connectivity index (χ2n) is 6.25. The Morgan fingerprint density at radius 2 is 1.86 bits per heavy atom. The molecule has 3 N–H and O–H groups in total. The number of rotatable bonds is 10. The molecule has 0 radical (unpaired) electrons. The quantitative estimate of drug-likeness (QED) is 0.645. The van der Waals surface area contributed by atoms with E-state index in [9.17, 15) is 4.79 Å². The number of nitrogens with zero attached hydrogens (tertiary/aromatic N) is 1. The molecule has 5 nitrogen and oxygen atoms in total. The molecule has 0 aromatic heterocycles. The van der Waals surface area contributed by atoms with E-state index in [4.69, 9.17) is 10.5 Å². The second-order valence-corrected chi connectivity index (χ2v) is 6.25. The Kier molecular flexibility index (Phi) is 9.68. The van der Waals surface area contributed by atoms with E-state index in [1.165, 1.54) is 0 Å². The number of unbranched alkanes of at least 4 members (excludes halogenated alkanes) is 1. The monoisotopic (exact) mass is 313 g/mol. The van der Waals surface area contributed by atoms with Crippen LogP contribution >= 0.6 is 0 Å². The molecule has 0 aromatic rings. The molecule has 1 aliphatic heterocycles. The predicted octanol–water partition coefficient (Wildman–Crippen LogP) is 1.76. The van der Waals surface area contributed by atoms with Crippen LogP contribution in [0.3, 0.4) is 0 Å². The zero-order valence-electron chi connectivity index (χ0n) is 14.6. The van der Waals surface area contributed by atoms with Crippen molar-refractivity contribution in [2.45, 2.75) is 65.0 Å². The van der Waals surface area contributed by atoms with Crippen LogP contribution in [0.5, 0.6) is 0 Å². The van der Waals surface area contributed by atoms with Gasteiger partial charge in [0.2, 0.25) is 5.91 Å². The molecule has 0 aliphatic carbocycles. The molecule has 2 unspecified atom stereocenters. The molecule has 2 atom stereocenters. The number of nitrogens with one attached hydrogen (secondary N) is 1. The van der Waals surface area contributed by atoms with Gasteiger partial charge in [0.1, 0.15) is 0 Å². The Labute approximate surface area is 135 Å². The SMILES string of the molecule is CCCCC(CN)NC(=O)C(C(CC)CC)N1CCOCC1. The minimum atomic E-state index is -0.0467. The summed E-state index contributed by atoms with van der Waals surface area (Å²) in [7, 11) is 0. The first kappa shape index (κ1) is 19.4. The lowest BCUT2D eigenvalue weighted by Gasteiger charge is -2.38. The van der Waals surface area contributed by atoms with Gasteiger partial charge in [-0.1, -0.05) is 46.5 Å². The molecule has 0 spiro atoms. The molecule has 1 saturated heterocycles. The first-order chi connectivity index (χ1) is 10.7. The maximum Gasteiger partial charge on any atom is 0.237 e. The second kappa shape index (κ2) is 11.0. The average Bonchev–Trinajstić information content (AvgIpc) is 2.56. The molecular formula is C17H35N3O2. The Morgan fingerprint density at radius 1 is 1.23 bits per heavy atom. The van der Waals surface area contributed by atoms with E-state index < -0.39 is 0 Å². The van der Waals surface area contributed by atoms with Gasteiger partial charge in [0, 0.05) is 25.7 Å². The third-order valence-corrected chi connectivity index (χ3v) is 4.74. The van der Waals surface area contributed by atoms with E-state index >= 15 is 0 Å². The summed E-state index contributed by atoms with van der Waals surface area (Å²) < 4.78 is 5.44. The number of carbonyl (C=O) groups excluding carboxylic acids is 1. The standard InChI is InChI=1S/C17H35N3O2/c1-4-7-8-15(13-18)19-17(21)16(14(5-2)6-3)20-9-11-22-12-10-20/h14-16H,4-13,18H2,1-3H3,(H,19,21). The highest BCUT2D eigenvalue weighted by Gasteiger charge is 2.33. The minimum Gasteiger partial charge on any atom is -0.379 e. The van der Waals surface area contributed by atoms with E-state index in [-0.39, 0.29) is 18.0 Å². The van der Waals surface area contributed by atoms with Crippen molar-refractivity contribution in [3.05, 3.63) is 0 Å². The third kappa shape index (κ3) is 5.86. The molecule has 0 aromatic carbocycles. The van der Waals surface area contributed by atoms with Gasteiger partial charge in [0.15, 0.2) is 0 Å². The molecule has 1 fully saturated rings. The van der Waals surface area contributed by atoms with Gasteiger partial charge in [-0.25, -0.2) is 0 Å². The van der Waals surface area contributed by atoms with Gasteiger partial charge in [-0.15, -0.1) is 0 Å². The minimum absolute atomic E-state index is 0.0467. The molecule has 5 heteroatoms. The number of amides is 1. The summed E-state index contributed by atoms with van der Waals surface area (Å²) in [4.78, 5) is 15.2. The number of hydrogen-bond acceptors (Lipinski definition) is 4. The summed E-state index contributed by atoms with van der Waals surface area (Å²) in [5.74, 6) is 0.546. The fourth-order valence-electron chi connectivity index (χ4n) is 3.25. The number of morpholine rings is 1. The van der Waals surface area contributed by atoms with E-state index in [0.29, 0.717) is 12.5 Å². The van der Waals surface area contributed by atoms with Gasteiger partial charge in [-0.2, -0.15) is 0 Å². The predicted molar refractivity (Wildman–Crippen MR) is 90.8 cm³/mol. The van der Waals surface area contributed by atoms with Gasteiger partial charge in [0.25, 0.3) is 0 Å². The highest BCUT2D eigenvalue weighted by atomic mass is 16.5. The first-order valence-corrected chi connectivity index (χ1v) is 9.00. The van der Waals surface area contributed by atoms with Crippen molar-refractivity contribution < 1.29 is 9.53 Å². The van der Waals surface area contributed by atoms with Crippen LogP contribution < -0.4 is 11.1 Å². The van der Waals surface area contributed by atoms with Gasteiger partial charge in [-0.3, -0.25) is 9.69 Å². The van der Waals surface area contributed by atoms with Crippen LogP contribution in [-0.4, -0.2) is 55.7 Å². The van der Waals surface area contributed by atoms with Gasteiger partial charge < -0.3 is 15.8 Å². The summed E-state index contributed by atoms with van der Waals surface area (Å²) in [6, 6.07) is 0.0555. The Hall–Kier alpha value is -0.650. The molecule has 1 rings (SSSR count). The zero-order valence-corrected chi connectivity index (χ0v) is 14.6. The summed E-state index contributed by atoms with van der Waals surface area (Å²) in [6.45, 7) is 10.2. The largest absolute Gasteiger partial charge is 0.379 e. The molecular weight excluding hydrogens is 278 g/mol. The summed E-state index contributed by atoms with van der Waals surface area (Å²) in [5, 5.41) is 3.20. The van der Waals surface area contributed by atoms with Crippen LogP contribution in [0.15, 0.2) is 0 Å². The molecule has 1 amide bonds. The van der Waals surface area contributed by atoms with Crippen molar-refractivity contribution in [3.8, 4) is 0 Å². The van der Waals surface area contributed by atoms with E-state index in [2.05, 4.69) is 31.0 Å². The Balaban J connectivity index is 2.73. The van der Waals surface area contributed by atoms with Crippen LogP contribution in [0.2, 0.25) is 0 Å². The lowest BCUT2D eigenvalue weighted by Crippen LogP contribution is -2.56. The van der Waals surface area contributed by atoms with Crippen LogP contribution in [0, 0.1) is 5.92 Å². The first-order valence-electron chi connectivity index (χ1n) is 9.00. The zero-order chi connectivity index (χ0) is 16.4. The normalized spacial score (nSPS) is 19.1. The average molecular weight is 313 g/mol. The van der Waals surface area contributed by atoms with Crippen molar-refractivity contribution in [3.63, 3.8) is 0 Å². The molecule has 0 bridgehead atoms. The molecule has 22 heavy (non-hydrogen) atoms. The number of hydrogen-bond donors (Lipinski definition) is 2. The molecule has 0 saturated carbocycles. The number of carbonyl (C=O) groups is 1. The maximum absolute atomic E-state index is 12.9. The Morgan fingerprint density at radius 3 is 2.36 bits per heavy atom. The fourth-order valence-corrected chi connectivity index (χ4v) is 3.25. The van der Waals surface area contributed by atoms with Crippen LogP contribution in [-0.2, 0) is 9.53 Å². The van der Waals surface area contributed by atoms with Crippen molar-refractivity contribution in [1.29, 1.82) is 0 Å². The smallest absolute Gasteiger partial charge is 0.237 e. The lowest BCUT2D eigenvalue weighted by molar-refractivity contribution is -0.131. The van der Waals surface area contributed by atoms with Crippen molar-refractivity contribution in [2.24, 2.45) is 11.7 Å². The van der Waals surface area contributed by atoms with E-state index in [1.54, 1.807) is 0 Å². The fraction of sp³-hybridized carbons (Fsp3) is 0.941. The van der Waals surface area contributed by atoms with Crippen molar-refractivity contribution in [1.82, 2.24) is 10.2 Å². The summed E-state index contributed by atoms with van der Waals surface area (Å²) >= 11 is 0. The van der Waals surface area contributed by atoms with Gasteiger partial charge >= 0.3 is 0 Å². The number of nitrogens with two attached hydrogens (primary N) is 1. The van der Waals surface area contributed by atoms with Gasteiger partial charge in [-0.05, 0) is 12.3 Å². The van der Waals surface area contributed by atoms with Crippen LogP contribution in [0.4, 0.5) is 0 Å². The number of ether oxygens (including phenoxy) is 1. The molecule has 130 valence electrons. The summed E-state index contributed by atoms with van der Waals surface area (Å²) in [6.07, 6.45) is 5.25. The molecule has 1 aliphatic rings. The van der Waals surface area contributed by atoms with Gasteiger partial charge in [0.05, 0.1) is 19.3 Å². The summed E-state index contributed by atoms with van der Waals surface area (Å²) in [5.41, 5.74) is 5.83. The van der Waals surface area contributed by atoms with Crippen LogP contribution in [0.25, 0.3) is 0 Å². The third-order valence-electron chi connectivity index (χ3n) is 4.74. The van der Waals surface area contributed by atoms with E-state index in [0.717, 1.165) is 58.4 Å². The Bertz CT molecular complexity index is 302. The highest BCUT2D eigenvalue weighted by molar-refractivity contribution is 5.82. The van der Waals surface area contributed by atoms with Crippen LogP contribution in [0.1, 0.15) is 52.9 Å². The van der Waals surface area contributed by atoms with Crippen molar-refractivity contribution >= 4 is 5.91 Å². The topological polar surface area (TPSA) is 67.6 Å². The van der Waals surface area contributed by atoms with E-state index in [1.807, 2.05) is 0 Å². The van der Waals surface area contributed by atoms with Crippen molar-refractivity contribution in [2.75, 3.05) is 32.8 Å². The lowest BCUT2D eigenvalue weighted by atomic mass is 9.91. The highest BCUT2D eigenvalue weighted by Crippen LogP contribution is 2.20. The molecule has 1 heterocycles. The maximum atomic E-state index is 12.9.